The molecule has 0 spiro atoms. The van der Waals surface area contributed by atoms with E-state index in [9.17, 15) is 0 Å². The highest BCUT2D eigenvalue weighted by Gasteiger charge is 2.09. The summed E-state index contributed by atoms with van der Waals surface area (Å²) in [7, 11) is 0. The lowest BCUT2D eigenvalue weighted by Gasteiger charge is -2.21. The van der Waals surface area contributed by atoms with Gasteiger partial charge in [0.2, 0.25) is 0 Å². The van der Waals surface area contributed by atoms with Gasteiger partial charge in [0.15, 0.2) is 0 Å². The van der Waals surface area contributed by atoms with Gasteiger partial charge in [-0.15, -0.1) is 0 Å². The van der Waals surface area contributed by atoms with Crippen LogP contribution in [0.4, 0.5) is 0 Å². The highest BCUT2D eigenvalue weighted by Crippen LogP contribution is 2.01. The molecule has 2 nitrogen and oxygen atoms in total. The zero-order valence-corrected chi connectivity index (χ0v) is 7.71. The molecule has 0 aliphatic carbocycles. The standard InChI is InChI=1S/C9H19N2/c1-9(2)8-11-6-3-4-10-5-7-11/h9H,3-8H2,1-2H3. The van der Waals surface area contributed by atoms with Crippen LogP contribution in [0.1, 0.15) is 20.3 Å². The number of hydrogen-bond donors (Lipinski definition) is 0. The van der Waals surface area contributed by atoms with Crippen LogP contribution in [0.5, 0.6) is 0 Å². The lowest BCUT2D eigenvalue weighted by Crippen LogP contribution is -2.30. The van der Waals surface area contributed by atoms with Crippen molar-refractivity contribution in [2.45, 2.75) is 20.3 Å². The Morgan fingerprint density at radius 2 is 2.09 bits per heavy atom. The second-order valence-electron chi connectivity index (χ2n) is 3.72. The average molecular weight is 155 g/mol. The minimum absolute atomic E-state index is 0.799. The van der Waals surface area contributed by atoms with Gasteiger partial charge in [0, 0.05) is 26.2 Å². The third kappa shape index (κ3) is 3.73. The summed E-state index contributed by atoms with van der Waals surface area (Å²) in [6.07, 6.45) is 1.26. The van der Waals surface area contributed by atoms with Gasteiger partial charge in [-0.3, -0.25) is 0 Å². The molecule has 0 N–H and O–H groups in total. The van der Waals surface area contributed by atoms with Gasteiger partial charge < -0.3 is 4.90 Å². The summed E-state index contributed by atoms with van der Waals surface area (Å²) in [5.74, 6) is 0.799. The van der Waals surface area contributed by atoms with Crippen molar-refractivity contribution < 1.29 is 0 Å². The first-order chi connectivity index (χ1) is 5.29. The third-order valence-electron chi connectivity index (χ3n) is 1.99. The molecule has 1 fully saturated rings. The zero-order chi connectivity index (χ0) is 8.10. The molecule has 0 amide bonds. The minimum Gasteiger partial charge on any atom is -0.302 e. The Hall–Kier alpha value is -0.0800. The van der Waals surface area contributed by atoms with Gasteiger partial charge in [-0.05, 0) is 18.9 Å². The van der Waals surface area contributed by atoms with Gasteiger partial charge in [-0.25, -0.2) is 5.32 Å². The van der Waals surface area contributed by atoms with Gasteiger partial charge in [0.1, 0.15) is 0 Å². The Labute approximate surface area is 70.0 Å². The molecule has 0 bridgehead atoms. The second-order valence-corrected chi connectivity index (χ2v) is 3.72. The van der Waals surface area contributed by atoms with Crippen LogP contribution in [0.3, 0.4) is 0 Å². The molecular formula is C9H19N2. The van der Waals surface area contributed by atoms with Gasteiger partial charge in [-0.1, -0.05) is 13.8 Å². The average Bonchev–Trinajstić information content (AvgIpc) is 2.14. The molecule has 1 rings (SSSR count). The van der Waals surface area contributed by atoms with E-state index < -0.39 is 0 Å². The molecule has 1 saturated heterocycles. The van der Waals surface area contributed by atoms with Gasteiger partial charge >= 0.3 is 0 Å². The molecule has 1 aliphatic rings. The van der Waals surface area contributed by atoms with Gasteiger partial charge in [-0.2, -0.15) is 0 Å². The maximum atomic E-state index is 4.39. The van der Waals surface area contributed by atoms with E-state index in [-0.39, 0.29) is 0 Å². The van der Waals surface area contributed by atoms with E-state index in [2.05, 4.69) is 24.1 Å². The number of hydrogen-bond acceptors (Lipinski definition) is 1. The highest BCUT2D eigenvalue weighted by atomic mass is 15.1. The van der Waals surface area contributed by atoms with E-state index in [1.54, 1.807) is 0 Å². The highest BCUT2D eigenvalue weighted by molar-refractivity contribution is 4.66. The van der Waals surface area contributed by atoms with Gasteiger partial charge in [0.25, 0.3) is 0 Å². The van der Waals surface area contributed by atoms with Crippen molar-refractivity contribution in [3.63, 3.8) is 0 Å². The van der Waals surface area contributed by atoms with Crippen LogP contribution in [0.25, 0.3) is 0 Å². The van der Waals surface area contributed by atoms with Crippen molar-refractivity contribution in [1.29, 1.82) is 0 Å². The smallest absolute Gasteiger partial charge is 0.0261 e. The molecule has 1 aliphatic heterocycles. The summed E-state index contributed by atoms with van der Waals surface area (Å²) < 4.78 is 0. The molecule has 0 unspecified atom stereocenters. The fourth-order valence-electron chi connectivity index (χ4n) is 1.54. The molecule has 1 heterocycles. The van der Waals surface area contributed by atoms with Crippen molar-refractivity contribution in [2.24, 2.45) is 5.92 Å². The van der Waals surface area contributed by atoms with Crippen LogP contribution in [-0.4, -0.2) is 37.6 Å². The van der Waals surface area contributed by atoms with Crippen molar-refractivity contribution in [2.75, 3.05) is 32.7 Å². The molecule has 2 heteroatoms. The SMILES string of the molecule is CC(C)CN1CCC[N]CC1. The van der Waals surface area contributed by atoms with Crippen LogP contribution < -0.4 is 5.32 Å². The Kier molecular flexibility index (Phi) is 3.87. The quantitative estimate of drug-likeness (QED) is 0.580. The van der Waals surface area contributed by atoms with E-state index in [4.69, 9.17) is 0 Å². The molecule has 1 radical (unpaired) electrons. The Morgan fingerprint density at radius 3 is 2.82 bits per heavy atom. The van der Waals surface area contributed by atoms with E-state index in [1.165, 1.54) is 26.1 Å². The van der Waals surface area contributed by atoms with Gasteiger partial charge in [0.05, 0.1) is 0 Å². The topological polar surface area (TPSA) is 17.3 Å². The van der Waals surface area contributed by atoms with Crippen molar-refractivity contribution in [1.82, 2.24) is 10.2 Å². The van der Waals surface area contributed by atoms with Crippen LogP contribution in [-0.2, 0) is 0 Å². The van der Waals surface area contributed by atoms with E-state index in [0.717, 1.165) is 19.0 Å². The molecule has 0 saturated carbocycles. The molecule has 11 heavy (non-hydrogen) atoms. The molecule has 0 aromatic rings. The van der Waals surface area contributed by atoms with Crippen molar-refractivity contribution in [3.8, 4) is 0 Å². The maximum Gasteiger partial charge on any atom is 0.0261 e. The van der Waals surface area contributed by atoms with Crippen LogP contribution >= 0.6 is 0 Å². The van der Waals surface area contributed by atoms with Crippen molar-refractivity contribution in [3.05, 3.63) is 0 Å². The second kappa shape index (κ2) is 4.73. The lowest BCUT2D eigenvalue weighted by molar-refractivity contribution is 0.260. The summed E-state index contributed by atoms with van der Waals surface area (Å²) in [5.41, 5.74) is 0. The molecular weight excluding hydrogens is 136 g/mol. The minimum atomic E-state index is 0.799. The first kappa shape index (κ1) is 9.01. The zero-order valence-electron chi connectivity index (χ0n) is 7.71. The summed E-state index contributed by atoms with van der Waals surface area (Å²) in [4.78, 5) is 2.53. The monoisotopic (exact) mass is 155 g/mol. The molecule has 0 aromatic carbocycles. The summed E-state index contributed by atoms with van der Waals surface area (Å²) in [5, 5.41) is 4.39. The fraction of sp³-hybridized carbons (Fsp3) is 1.00. The van der Waals surface area contributed by atoms with Crippen LogP contribution in [0, 0.1) is 5.92 Å². The predicted molar refractivity (Wildman–Crippen MR) is 47.8 cm³/mol. The Morgan fingerprint density at radius 1 is 1.27 bits per heavy atom. The molecule has 0 atom stereocenters. The normalized spacial score (nSPS) is 22.1. The predicted octanol–water partition coefficient (Wildman–Crippen LogP) is 0.953. The van der Waals surface area contributed by atoms with E-state index in [1.807, 2.05) is 0 Å². The summed E-state index contributed by atoms with van der Waals surface area (Å²) in [6, 6.07) is 0. The Bertz CT molecular complexity index is 93.7. The molecule has 0 aromatic heterocycles. The number of rotatable bonds is 2. The first-order valence-electron chi connectivity index (χ1n) is 4.64. The molecule has 65 valence electrons. The fourth-order valence-corrected chi connectivity index (χ4v) is 1.54. The largest absolute Gasteiger partial charge is 0.302 e. The summed E-state index contributed by atoms with van der Waals surface area (Å²) in [6.45, 7) is 10.4. The maximum absolute atomic E-state index is 4.39. The third-order valence-corrected chi connectivity index (χ3v) is 1.99. The Balaban J connectivity index is 2.20. The van der Waals surface area contributed by atoms with Crippen LogP contribution in [0.2, 0.25) is 0 Å². The van der Waals surface area contributed by atoms with E-state index >= 15 is 0 Å². The number of nitrogens with zero attached hydrogens (tertiary/aromatic N) is 2. The van der Waals surface area contributed by atoms with Crippen molar-refractivity contribution >= 4 is 0 Å². The van der Waals surface area contributed by atoms with Crippen LogP contribution in [0.15, 0.2) is 0 Å². The lowest BCUT2D eigenvalue weighted by atomic mass is 10.2. The van der Waals surface area contributed by atoms with E-state index in [0.29, 0.717) is 0 Å². The first-order valence-corrected chi connectivity index (χ1v) is 4.64. The summed E-state index contributed by atoms with van der Waals surface area (Å²) >= 11 is 0.